The molecule has 0 saturated heterocycles. The van der Waals surface area contributed by atoms with Crippen molar-refractivity contribution in [2.24, 2.45) is 0 Å². The van der Waals surface area contributed by atoms with E-state index in [1.807, 2.05) is 38.1 Å². The molecule has 1 aromatic rings. The van der Waals surface area contributed by atoms with E-state index in [1.165, 1.54) is 6.08 Å². The van der Waals surface area contributed by atoms with Gasteiger partial charge in [0.15, 0.2) is 0 Å². The molecule has 0 fully saturated rings. The van der Waals surface area contributed by atoms with Crippen LogP contribution in [0.1, 0.15) is 30.5 Å². The normalized spacial score (nSPS) is 13.1. The molecule has 1 aromatic carbocycles. The topological polar surface area (TPSA) is 46.5 Å². The van der Waals surface area contributed by atoms with Gasteiger partial charge in [-0.3, -0.25) is 0 Å². The first-order valence-corrected chi connectivity index (χ1v) is 7.43. The Kier molecular flexibility index (Phi) is 7.07. The van der Waals surface area contributed by atoms with Crippen LogP contribution in [0.5, 0.6) is 5.75 Å². The van der Waals surface area contributed by atoms with Gasteiger partial charge in [0, 0.05) is 6.08 Å². The van der Waals surface area contributed by atoms with Crippen LogP contribution in [0.4, 0.5) is 0 Å². The van der Waals surface area contributed by atoms with Gasteiger partial charge in [-0.05, 0) is 62.1 Å². The van der Waals surface area contributed by atoms with Crippen LogP contribution < -0.4 is 4.74 Å². The van der Waals surface area contributed by atoms with E-state index in [0.29, 0.717) is 5.57 Å². The number of carbonyl (C=O) groups is 1. The summed E-state index contributed by atoms with van der Waals surface area (Å²) in [6.45, 7) is 7.84. The van der Waals surface area contributed by atoms with Crippen LogP contribution in [0.3, 0.4) is 0 Å². The molecule has 0 heterocycles. The van der Waals surface area contributed by atoms with E-state index < -0.39 is 5.97 Å². The number of carboxylic acids is 1. The number of allylic oxidation sites excluding steroid dienone is 6. The first-order chi connectivity index (χ1) is 10.8. The largest absolute Gasteiger partial charge is 0.496 e. The summed E-state index contributed by atoms with van der Waals surface area (Å²) < 4.78 is 5.32. The number of carboxylic acid groups (broad SMARTS) is 1. The Hall–Kier alpha value is -2.55. The highest BCUT2D eigenvalue weighted by molar-refractivity contribution is 5.81. The lowest BCUT2D eigenvalue weighted by atomic mass is 10.0. The number of hydrogen-bond donors (Lipinski definition) is 1. The predicted octanol–water partition coefficient (Wildman–Crippen LogP) is 4.86. The fraction of sp³-hybridized carbons (Fsp3) is 0.250. The molecule has 23 heavy (non-hydrogen) atoms. The molecule has 0 aliphatic carbocycles. The van der Waals surface area contributed by atoms with Gasteiger partial charge in [0.1, 0.15) is 5.75 Å². The standard InChI is InChI=1S/C20H24O3/c1-14(7-6-8-15(2)11-20(21)22)9-10-18-12-17(4)19(23-5)13-16(18)3/h6-13H,1-5H3,(H,21,22). The van der Waals surface area contributed by atoms with Gasteiger partial charge in [-0.25, -0.2) is 4.79 Å². The van der Waals surface area contributed by atoms with Crippen LogP contribution in [-0.4, -0.2) is 18.2 Å². The van der Waals surface area contributed by atoms with Crippen LogP contribution in [0, 0.1) is 13.8 Å². The highest BCUT2D eigenvalue weighted by Gasteiger charge is 2.02. The Morgan fingerprint density at radius 3 is 2.39 bits per heavy atom. The minimum Gasteiger partial charge on any atom is -0.496 e. The zero-order valence-electron chi connectivity index (χ0n) is 14.4. The van der Waals surface area contributed by atoms with Crippen molar-refractivity contribution in [3.63, 3.8) is 0 Å². The van der Waals surface area contributed by atoms with Gasteiger partial charge in [0.05, 0.1) is 7.11 Å². The molecule has 122 valence electrons. The number of rotatable bonds is 6. The maximum atomic E-state index is 10.5. The second-order valence-electron chi connectivity index (χ2n) is 5.51. The second-order valence-corrected chi connectivity index (χ2v) is 5.51. The van der Waals surface area contributed by atoms with E-state index in [0.717, 1.165) is 28.0 Å². The molecule has 0 atom stereocenters. The first-order valence-electron chi connectivity index (χ1n) is 7.43. The Morgan fingerprint density at radius 1 is 1.09 bits per heavy atom. The fourth-order valence-electron chi connectivity index (χ4n) is 2.08. The summed E-state index contributed by atoms with van der Waals surface area (Å²) in [6.07, 6.45) is 10.9. The van der Waals surface area contributed by atoms with E-state index in [4.69, 9.17) is 9.84 Å². The second kappa shape index (κ2) is 8.79. The van der Waals surface area contributed by atoms with Crippen molar-refractivity contribution >= 4 is 12.0 Å². The quantitative estimate of drug-likeness (QED) is 0.603. The van der Waals surface area contributed by atoms with E-state index >= 15 is 0 Å². The monoisotopic (exact) mass is 312 g/mol. The summed E-state index contributed by atoms with van der Waals surface area (Å²) in [5, 5.41) is 8.64. The van der Waals surface area contributed by atoms with Crippen LogP contribution in [-0.2, 0) is 4.79 Å². The number of aryl methyl sites for hydroxylation is 2. The smallest absolute Gasteiger partial charge is 0.328 e. The molecule has 0 aliphatic heterocycles. The third-order valence-electron chi connectivity index (χ3n) is 3.38. The van der Waals surface area contributed by atoms with Crippen molar-refractivity contribution in [1.82, 2.24) is 0 Å². The average molecular weight is 312 g/mol. The van der Waals surface area contributed by atoms with E-state index in [9.17, 15) is 4.79 Å². The minimum atomic E-state index is -0.932. The Bertz CT molecular complexity index is 689. The Labute approximate surface area is 138 Å². The van der Waals surface area contributed by atoms with Crippen molar-refractivity contribution in [2.45, 2.75) is 27.7 Å². The number of methoxy groups -OCH3 is 1. The predicted molar refractivity (Wildman–Crippen MR) is 95.8 cm³/mol. The molecule has 0 aromatic heterocycles. The van der Waals surface area contributed by atoms with Gasteiger partial charge in [0.25, 0.3) is 0 Å². The molecular formula is C20H24O3. The summed E-state index contributed by atoms with van der Waals surface area (Å²) >= 11 is 0. The molecule has 0 aliphatic rings. The SMILES string of the molecule is COc1cc(C)c(C=CC(C)=CC=CC(C)=CC(=O)O)cc1C. The van der Waals surface area contributed by atoms with Crippen molar-refractivity contribution in [3.05, 3.63) is 70.3 Å². The fourth-order valence-corrected chi connectivity index (χ4v) is 2.08. The third kappa shape index (κ3) is 6.39. The molecule has 1 N–H and O–H groups in total. The number of aliphatic carboxylic acids is 1. The molecule has 0 unspecified atom stereocenters. The van der Waals surface area contributed by atoms with Crippen LogP contribution in [0.15, 0.2) is 53.7 Å². The summed E-state index contributed by atoms with van der Waals surface area (Å²) in [5.74, 6) is -0.0337. The van der Waals surface area contributed by atoms with E-state index in [1.54, 1.807) is 20.1 Å². The molecule has 0 radical (unpaired) electrons. The van der Waals surface area contributed by atoms with E-state index in [-0.39, 0.29) is 0 Å². The summed E-state index contributed by atoms with van der Waals surface area (Å²) in [4.78, 5) is 10.5. The molecule has 3 heteroatoms. The average Bonchev–Trinajstić information content (AvgIpc) is 2.46. The van der Waals surface area contributed by atoms with Gasteiger partial charge >= 0.3 is 5.97 Å². The van der Waals surface area contributed by atoms with Crippen molar-refractivity contribution < 1.29 is 14.6 Å². The maximum absolute atomic E-state index is 10.5. The van der Waals surface area contributed by atoms with Crippen LogP contribution in [0.2, 0.25) is 0 Å². The molecule has 0 spiro atoms. The van der Waals surface area contributed by atoms with Crippen molar-refractivity contribution in [3.8, 4) is 5.75 Å². The number of ether oxygens (including phenoxy) is 1. The van der Waals surface area contributed by atoms with Crippen LogP contribution in [0.25, 0.3) is 6.08 Å². The van der Waals surface area contributed by atoms with Gasteiger partial charge in [-0.1, -0.05) is 36.0 Å². The molecule has 0 bridgehead atoms. The maximum Gasteiger partial charge on any atom is 0.328 e. The van der Waals surface area contributed by atoms with Crippen molar-refractivity contribution in [2.75, 3.05) is 7.11 Å². The molecular weight excluding hydrogens is 288 g/mol. The first kappa shape index (κ1) is 18.5. The van der Waals surface area contributed by atoms with Gasteiger partial charge in [0.2, 0.25) is 0 Å². The molecule has 0 saturated carbocycles. The molecule has 3 nitrogen and oxygen atoms in total. The Balaban J connectivity index is 2.85. The van der Waals surface area contributed by atoms with Crippen LogP contribution >= 0.6 is 0 Å². The third-order valence-corrected chi connectivity index (χ3v) is 3.38. The summed E-state index contributed by atoms with van der Waals surface area (Å²) in [5.41, 5.74) is 5.20. The highest BCUT2D eigenvalue weighted by Crippen LogP contribution is 2.23. The van der Waals surface area contributed by atoms with E-state index in [2.05, 4.69) is 19.1 Å². The molecule has 0 amide bonds. The molecule has 1 rings (SSSR count). The van der Waals surface area contributed by atoms with Gasteiger partial charge < -0.3 is 9.84 Å². The zero-order valence-corrected chi connectivity index (χ0v) is 14.4. The highest BCUT2D eigenvalue weighted by atomic mass is 16.5. The summed E-state index contributed by atoms with van der Waals surface area (Å²) in [6, 6.07) is 4.14. The zero-order chi connectivity index (χ0) is 17.4. The number of hydrogen-bond acceptors (Lipinski definition) is 2. The summed E-state index contributed by atoms with van der Waals surface area (Å²) in [7, 11) is 1.68. The number of benzene rings is 1. The van der Waals surface area contributed by atoms with Gasteiger partial charge in [-0.2, -0.15) is 0 Å². The Morgan fingerprint density at radius 2 is 1.78 bits per heavy atom. The van der Waals surface area contributed by atoms with Crippen molar-refractivity contribution in [1.29, 1.82) is 0 Å². The lowest BCUT2D eigenvalue weighted by Crippen LogP contribution is -1.90. The lowest BCUT2D eigenvalue weighted by Gasteiger charge is -2.08. The van der Waals surface area contributed by atoms with Gasteiger partial charge in [-0.15, -0.1) is 0 Å². The minimum absolute atomic E-state index is 0.701. The lowest BCUT2D eigenvalue weighted by molar-refractivity contribution is -0.131.